The molecule has 1 aromatic carbocycles. The third-order valence-corrected chi connectivity index (χ3v) is 3.86. The van der Waals surface area contributed by atoms with Crippen molar-refractivity contribution in [1.82, 2.24) is 9.78 Å². The molecule has 0 bridgehead atoms. The van der Waals surface area contributed by atoms with Crippen LogP contribution in [0.3, 0.4) is 0 Å². The number of anilines is 1. The van der Waals surface area contributed by atoms with Crippen LogP contribution in [0.25, 0.3) is 5.69 Å². The summed E-state index contributed by atoms with van der Waals surface area (Å²) in [5.41, 5.74) is 1.46. The standard InChI is InChI=1S/C19H25N3O4/c1-19(2,3)15-12-16(20-17(23)6-5-7-18(24)25)22(21-15)13-8-10-14(26-4)11-9-13/h8-12H,5-7H2,1-4H3,(H,20,23)(H,24,25). The summed E-state index contributed by atoms with van der Waals surface area (Å²) in [6, 6.07) is 9.22. The largest absolute Gasteiger partial charge is 0.497 e. The van der Waals surface area contributed by atoms with E-state index in [4.69, 9.17) is 9.84 Å². The van der Waals surface area contributed by atoms with Gasteiger partial charge in [0.1, 0.15) is 11.6 Å². The summed E-state index contributed by atoms with van der Waals surface area (Å²) in [4.78, 5) is 22.8. The average Bonchev–Trinajstić information content (AvgIpc) is 2.98. The van der Waals surface area contributed by atoms with Crippen molar-refractivity contribution in [1.29, 1.82) is 0 Å². The smallest absolute Gasteiger partial charge is 0.303 e. The van der Waals surface area contributed by atoms with Crippen LogP contribution in [0.2, 0.25) is 0 Å². The van der Waals surface area contributed by atoms with Crippen molar-refractivity contribution in [3.05, 3.63) is 36.0 Å². The second-order valence-corrected chi connectivity index (χ2v) is 7.07. The van der Waals surface area contributed by atoms with Crippen molar-refractivity contribution in [2.75, 3.05) is 12.4 Å². The normalized spacial score (nSPS) is 11.2. The highest BCUT2D eigenvalue weighted by Gasteiger charge is 2.21. The molecule has 0 spiro atoms. The van der Waals surface area contributed by atoms with Gasteiger partial charge in [0.05, 0.1) is 18.5 Å². The molecule has 0 saturated heterocycles. The van der Waals surface area contributed by atoms with Gasteiger partial charge < -0.3 is 15.2 Å². The van der Waals surface area contributed by atoms with Crippen LogP contribution in [0.5, 0.6) is 5.75 Å². The maximum absolute atomic E-state index is 12.2. The van der Waals surface area contributed by atoms with E-state index >= 15 is 0 Å². The Morgan fingerprint density at radius 3 is 2.38 bits per heavy atom. The Hall–Kier alpha value is -2.83. The maximum Gasteiger partial charge on any atom is 0.303 e. The van der Waals surface area contributed by atoms with Gasteiger partial charge in [0.25, 0.3) is 0 Å². The molecule has 1 amide bonds. The van der Waals surface area contributed by atoms with Crippen molar-refractivity contribution in [2.45, 2.75) is 45.4 Å². The van der Waals surface area contributed by atoms with Crippen molar-refractivity contribution >= 4 is 17.7 Å². The molecule has 2 rings (SSSR count). The number of nitrogens with one attached hydrogen (secondary N) is 1. The molecule has 0 atom stereocenters. The van der Waals surface area contributed by atoms with Crippen LogP contribution < -0.4 is 10.1 Å². The monoisotopic (exact) mass is 359 g/mol. The first-order valence-electron chi connectivity index (χ1n) is 8.47. The second kappa shape index (κ2) is 8.03. The maximum atomic E-state index is 12.2. The Kier molecular flexibility index (Phi) is 6.02. The highest BCUT2D eigenvalue weighted by Crippen LogP contribution is 2.27. The lowest BCUT2D eigenvalue weighted by molar-refractivity contribution is -0.137. The number of rotatable bonds is 7. The summed E-state index contributed by atoms with van der Waals surface area (Å²) in [6.45, 7) is 6.14. The van der Waals surface area contributed by atoms with Gasteiger partial charge >= 0.3 is 5.97 Å². The fourth-order valence-electron chi connectivity index (χ4n) is 2.36. The molecular formula is C19H25N3O4. The first-order chi connectivity index (χ1) is 12.2. The van der Waals surface area contributed by atoms with Crippen molar-refractivity contribution in [3.63, 3.8) is 0 Å². The predicted molar refractivity (Wildman–Crippen MR) is 98.9 cm³/mol. The van der Waals surface area contributed by atoms with Gasteiger partial charge in [-0.05, 0) is 30.7 Å². The van der Waals surface area contributed by atoms with Crippen molar-refractivity contribution in [3.8, 4) is 11.4 Å². The van der Waals surface area contributed by atoms with Crippen LogP contribution in [0.4, 0.5) is 5.82 Å². The molecule has 0 fully saturated rings. The minimum absolute atomic E-state index is 0.0294. The third kappa shape index (κ3) is 5.08. The molecule has 7 heteroatoms. The second-order valence-electron chi connectivity index (χ2n) is 7.07. The number of ether oxygens (including phenoxy) is 1. The molecule has 0 aliphatic carbocycles. The first kappa shape index (κ1) is 19.5. The summed E-state index contributed by atoms with van der Waals surface area (Å²) < 4.78 is 6.85. The zero-order valence-electron chi connectivity index (χ0n) is 15.6. The number of carboxylic acids is 1. The van der Waals surface area contributed by atoms with E-state index in [1.54, 1.807) is 11.8 Å². The van der Waals surface area contributed by atoms with Crippen LogP contribution >= 0.6 is 0 Å². The number of aliphatic carboxylic acids is 1. The Morgan fingerprint density at radius 1 is 1.19 bits per heavy atom. The Bertz CT molecular complexity index is 773. The molecule has 1 heterocycles. The fraction of sp³-hybridized carbons (Fsp3) is 0.421. The summed E-state index contributed by atoms with van der Waals surface area (Å²) >= 11 is 0. The number of carbonyl (C=O) groups is 2. The lowest BCUT2D eigenvalue weighted by Crippen LogP contribution is -2.15. The summed E-state index contributed by atoms with van der Waals surface area (Å²) in [6.07, 6.45) is 0.410. The number of hydrogen-bond acceptors (Lipinski definition) is 4. The molecule has 1 aromatic heterocycles. The fourth-order valence-corrected chi connectivity index (χ4v) is 2.36. The first-order valence-corrected chi connectivity index (χ1v) is 8.47. The Balaban J connectivity index is 2.26. The lowest BCUT2D eigenvalue weighted by Gasteiger charge is -2.14. The van der Waals surface area contributed by atoms with E-state index in [0.29, 0.717) is 12.2 Å². The van der Waals surface area contributed by atoms with Crippen LogP contribution in [0.15, 0.2) is 30.3 Å². The molecule has 0 unspecified atom stereocenters. The molecule has 2 aromatic rings. The van der Waals surface area contributed by atoms with E-state index in [1.807, 2.05) is 51.1 Å². The molecule has 0 aliphatic heterocycles. The number of benzene rings is 1. The predicted octanol–water partition coefficient (Wildman–Crippen LogP) is 3.37. The van der Waals surface area contributed by atoms with Gasteiger partial charge in [0.2, 0.25) is 5.91 Å². The van der Waals surface area contributed by atoms with E-state index in [-0.39, 0.29) is 24.2 Å². The number of hydrogen-bond donors (Lipinski definition) is 2. The Labute approximate surface area is 153 Å². The van der Waals surface area contributed by atoms with Gasteiger partial charge in [0, 0.05) is 24.3 Å². The third-order valence-electron chi connectivity index (χ3n) is 3.86. The van der Waals surface area contributed by atoms with Gasteiger partial charge in [-0.2, -0.15) is 5.10 Å². The minimum Gasteiger partial charge on any atom is -0.497 e. The van der Waals surface area contributed by atoms with E-state index in [0.717, 1.165) is 17.1 Å². The van der Waals surface area contributed by atoms with Crippen molar-refractivity contribution < 1.29 is 19.4 Å². The lowest BCUT2D eigenvalue weighted by atomic mass is 9.92. The van der Waals surface area contributed by atoms with Crippen LogP contribution in [0.1, 0.15) is 45.7 Å². The number of amides is 1. The molecule has 0 aliphatic rings. The quantitative estimate of drug-likeness (QED) is 0.790. The van der Waals surface area contributed by atoms with E-state index in [2.05, 4.69) is 10.4 Å². The van der Waals surface area contributed by atoms with E-state index in [9.17, 15) is 9.59 Å². The van der Waals surface area contributed by atoms with E-state index in [1.165, 1.54) is 0 Å². The zero-order chi connectivity index (χ0) is 19.3. The summed E-state index contributed by atoms with van der Waals surface area (Å²) in [5, 5.41) is 16.2. The molecule has 0 radical (unpaired) electrons. The zero-order valence-corrected chi connectivity index (χ0v) is 15.6. The molecule has 26 heavy (non-hydrogen) atoms. The number of aromatic nitrogens is 2. The average molecular weight is 359 g/mol. The number of nitrogens with zero attached hydrogens (tertiary/aromatic N) is 2. The van der Waals surface area contributed by atoms with Crippen LogP contribution in [-0.2, 0) is 15.0 Å². The molecule has 7 nitrogen and oxygen atoms in total. The summed E-state index contributed by atoms with van der Waals surface area (Å²) in [5.74, 6) is 0.147. The van der Waals surface area contributed by atoms with Gasteiger partial charge in [-0.25, -0.2) is 4.68 Å². The number of carbonyl (C=O) groups excluding carboxylic acids is 1. The highest BCUT2D eigenvalue weighted by atomic mass is 16.5. The van der Waals surface area contributed by atoms with E-state index < -0.39 is 5.97 Å². The molecular weight excluding hydrogens is 334 g/mol. The van der Waals surface area contributed by atoms with Gasteiger partial charge in [-0.15, -0.1) is 0 Å². The molecule has 140 valence electrons. The Morgan fingerprint density at radius 2 is 1.85 bits per heavy atom. The van der Waals surface area contributed by atoms with Gasteiger partial charge in [-0.1, -0.05) is 20.8 Å². The highest BCUT2D eigenvalue weighted by molar-refractivity contribution is 5.90. The molecule has 0 saturated carbocycles. The van der Waals surface area contributed by atoms with Crippen LogP contribution in [0, 0.1) is 0 Å². The van der Waals surface area contributed by atoms with Gasteiger partial charge in [0.15, 0.2) is 0 Å². The topological polar surface area (TPSA) is 93.5 Å². The van der Waals surface area contributed by atoms with Crippen LogP contribution in [-0.4, -0.2) is 33.9 Å². The van der Waals surface area contributed by atoms with Gasteiger partial charge in [-0.3, -0.25) is 9.59 Å². The SMILES string of the molecule is COc1ccc(-n2nc(C(C)(C)C)cc2NC(=O)CCCC(=O)O)cc1. The number of methoxy groups -OCH3 is 1. The van der Waals surface area contributed by atoms with Crippen molar-refractivity contribution in [2.24, 2.45) is 0 Å². The minimum atomic E-state index is -0.906. The summed E-state index contributed by atoms with van der Waals surface area (Å²) in [7, 11) is 1.60. The molecule has 2 N–H and O–H groups in total. The number of carboxylic acid groups (broad SMARTS) is 1.